The van der Waals surface area contributed by atoms with Gasteiger partial charge in [-0.15, -0.1) is 45.3 Å². The molecule has 0 saturated carbocycles. The van der Waals surface area contributed by atoms with Gasteiger partial charge in [-0.2, -0.15) is 0 Å². The van der Waals surface area contributed by atoms with Crippen LogP contribution < -0.4 is 15.4 Å². The van der Waals surface area contributed by atoms with E-state index in [4.69, 9.17) is 4.74 Å². The number of carbonyl (C=O) groups is 2. The minimum atomic E-state index is -1.13. The predicted octanol–water partition coefficient (Wildman–Crippen LogP) is 7.87. The molecule has 6 rings (SSSR count). The molecule has 0 unspecified atom stereocenters. The average Bonchev–Trinajstić information content (AvgIpc) is 3.79. The zero-order valence-electron chi connectivity index (χ0n) is 21.9. The Balaban J connectivity index is 1.27. The monoisotopic (exact) mass is 632 g/mol. The van der Waals surface area contributed by atoms with E-state index in [1.54, 1.807) is 52.8 Å². The fourth-order valence-electron chi connectivity index (χ4n) is 3.86. The molecule has 0 spiro atoms. The lowest BCUT2D eigenvalue weighted by Crippen LogP contribution is -2.12. The Kier molecular flexibility index (Phi) is 7.75. The molecule has 0 saturated heterocycles. The highest BCUT2D eigenvalue weighted by Crippen LogP contribution is 2.35. The van der Waals surface area contributed by atoms with E-state index < -0.39 is 11.9 Å². The van der Waals surface area contributed by atoms with Crippen molar-refractivity contribution >= 4 is 79.2 Å². The maximum Gasteiger partial charge on any atom is 0.347 e. The van der Waals surface area contributed by atoms with E-state index in [0.717, 1.165) is 21.0 Å². The zero-order valence-corrected chi connectivity index (χ0v) is 25.2. The van der Waals surface area contributed by atoms with Crippen molar-refractivity contribution in [3.63, 3.8) is 0 Å². The van der Waals surface area contributed by atoms with Gasteiger partial charge in [-0.3, -0.25) is 0 Å². The lowest BCUT2D eigenvalue weighted by Gasteiger charge is -2.10. The van der Waals surface area contributed by atoms with Crippen LogP contribution in [0.3, 0.4) is 0 Å². The fraction of sp³-hybridized carbons (Fsp3) is 0.0714. The maximum absolute atomic E-state index is 13.5. The number of thiazole rings is 2. The van der Waals surface area contributed by atoms with Crippen molar-refractivity contribution < 1.29 is 19.4 Å². The summed E-state index contributed by atoms with van der Waals surface area (Å²) in [6.45, 7) is 3.91. The molecule has 0 radical (unpaired) electrons. The van der Waals surface area contributed by atoms with Crippen LogP contribution in [0.4, 0.5) is 21.9 Å². The third-order valence-electron chi connectivity index (χ3n) is 6.01. The smallest absolute Gasteiger partial charge is 0.347 e. The van der Waals surface area contributed by atoms with Gasteiger partial charge >= 0.3 is 11.9 Å². The topological polar surface area (TPSA) is 139 Å². The number of carboxylic acid groups (broad SMARTS) is 1. The van der Waals surface area contributed by atoms with Crippen molar-refractivity contribution in [3.8, 4) is 26.6 Å². The minimum Gasteiger partial charge on any atom is -0.478 e. The van der Waals surface area contributed by atoms with E-state index >= 15 is 0 Å². The van der Waals surface area contributed by atoms with E-state index in [-0.39, 0.29) is 16.9 Å². The van der Waals surface area contributed by atoms with Gasteiger partial charge in [0.15, 0.2) is 10.3 Å². The van der Waals surface area contributed by atoms with E-state index in [1.807, 2.05) is 31.4 Å². The van der Waals surface area contributed by atoms with E-state index in [0.29, 0.717) is 32.3 Å². The van der Waals surface area contributed by atoms with Crippen LogP contribution in [0.5, 0.6) is 5.75 Å². The highest BCUT2D eigenvalue weighted by molar-refractivity contribution is 7.15. The van der Waals surface area contributed by atoms with Crippen LogP contribution in [0.25, 0.3) is 20.9 Å². The summed E-state index contributed by atoms with van der Waals surface area (Å²) in [7, 11) is 0. The molecule has 210 valence electrons. The highest BCUT2D eigenvalue weighted by atomic mass is 32.1. The van der Waals surface area contributed by atoms with Gasteiger partial charge in [-0.25, -0.2) is 29.5 Å². The molecule has 10 nitrogen and oxygen atoms in total. The Morgan fingerprint density at radius 1 is 0.857 bits per heavy atom. The normalized spacial score (nSPS) is 10.9. The first kappa shape index (κ1) is 27.7. The molecular formula is C28H20N6O4S4. The quantitative estimate of drug-likeness (QED) is 0.135. The third-order valence-corrected chi connectivity index (χ3v) is 9.57. The van der Waals surface area contributed by atoms with Crippen molar-refractivity contribution in [1.82, 2.24) is 19.9 Å². The van der Waals surface area contributed by atoms with Crippen LogP contribution >= 0.6 is 45.3 Å². The summed E-state index contributed by atoms with van der Waals surface area (Å²) >= 11 is 5.66. The molecule has 0 aliphatic carbocycles. The second-order valence-electron chi connectivity index (χ2n) is 8.81. The van der Waals surface area contributed by atoms with Gasteiger partial charge in [0.25, 0.3) is 0 Å². The van der Waals surface area contributed by atoms with E-state index in [9.17, 15) is 14.7 Å². The molecule has 6 aromatic heterocycles. The number of pyridine rings is 2. The van der Waals surface area contributed by atoms with Gasteiger partial charge in [-0.05, 0) is 43.5 Å². The van der Waals surface area contributed by atoms with E-state index in [1.165, 1.54) is 40.1 Å². The summed E-state index contributed by atoms with van der Waals surface area (Å²) in [5.41, 5.74) is 2.52. The average molecular weight is 633 g/mol. The molecule has 0 fully saturated rings. The molecule has 0 aliphatic heterocycles. The van der Waals surface area contributed by atoms with Gasteiger partial charge in [-0.1, -0.05) is 6.07 Å². The standard InChI is InChI=1S/C28H20N6O4S4/c1-14-15(2)42-28(32-14)34-24-20(9-16(11-31-24)21-4-3-6-39-21)26(37)38-18-10-22(41-13-18)17-8-19(25(35)36)23(30-12-17)33-27-29-5-7-40-27/h3-13H,1-2H3,(H,35,36)(H,29,30,33)(H,31,32,34). The number of hydrogen-bond acceptors (Lipinski definition) is 13. The SMILES string of the molecule is Cc1nc(Nc2ncc(-c3cccs3)cc2C(=O)Oc2csc(-c3cnc(Nc4nccs4)c(C(=O)O)c3)c2)sc1C. The lowest BCUT2D eigenvalue weighted by atomic mass is 10.1. The van der Waals surface area contributed by atoms with Crippen molar-refractivity contribution in [2.45, 2.75) is 13.8 Å². The highest BCUT2D eigenvalue weighted by Gasteiger charge is 2.21. The zero-order chi connectivity index (χ0) is 29.2. The number of ether oxygens (including phenoxy) is 1. The summed E-state index contributed by atoms with van der Waals surface area (Å²) in [5, 5.41) is 22.5. The van der Waals surface area contributed by atoms with Gasteiger partial charge in [0, 0.05) is 55.1 Å². The molecule has 14 heteroatoms. The number of carbonyl (C=O) groups excluding carboxylic acids is 1. The summed E-state index contributed by atoms with van der Waals surface area (Å²) in [6.07, 6.45) is 4.89. The number of aromatic carboxylic acids is 1. The van der Waals surface area contributed by atoms with Crippen LogP contribution in [0.15, 0.2) is 65.1 Å². The molecule has 6 heterocycles. The number of nitrogens with one attached hydrogen (secondary N) is 2. The number of aromatic nitrogens is 4. The maximum atomic E-state index is 13.5. The number of carboxylic acids is 1. The number of hydrogen-bond donors (Lipinski definition) is 3. The molecule has 6 aromatic rings. The lowest BCUT2D eigenvalue weighted by molar-refractivity contribution is 0.0695. The van der Waals surface area contributed by atoms with Gasteiger partial charge < -0.3 is 20.5 Å². The van der Waals surface area contributed by atoms with E-state index in [2.05, 4.69) is 30.6 Å². The molecule has 3 N–H and O–H groups in total. The molecule has 0 bridgehead atoms. The summed E-state index contributed by atoms with van der Waals surface area (Å²) in [6, 6.07) is 8.85. The number of nitrogens with zero attached hydrogens (tertiary/aromatic N) is 4. The Morgan fingerprint density at radius 3 is 2.26 bits per heavy atom. The Bertz CT molecular complexity index is 1880. The number of aryl methyl sites for hydroxylation is 2. The van der Waals surface area contributed by atoms with Crippen molar-refractivity contribution in [2.24, 2.45) is 0 Å². The molecule has 42 heavy (non-hydrogen) atoms. The van der Waals surface area contributed by atoms with Crippen molar-refractivity contribution in [1.29, 1.82) is 0 Å². The molecule has 0 aliphatic rings. The molecular weight excluding hydrogens is 613 g/mol. The van der Waals surface area contributed by atoms with Crippen LogP contribution in [-0.4, -0.2) is 37.0 Å². The Hall–Kier alpha value is -4.50. The number of thiophene rings is 2. The number of rotatable bonds is 9. The van der Waals surface area contributed by atoms with Crippen LogP contribution in [0, 0.1) is 13.8 Å². The predicted molar refractivity (Wildman–Crippen MR) is 167 cm³/mol. The van der Waals surface area contributed by atoms with Gasteiger partial charge in [0.1, 0.15) is 28.5 Å². The van der Waals surface area contributed by atoms with Gasteiger partial charge in [0.05, 0.1) is 5.69 Å². The number of anilines is 4. The van der Waals surface area contributed by atoms with Gasteiger partial charge in [0.2, 0.25) is 0 Å². The molecule has 0 aromatic carbocycles. The summed E-state index contributed by atoms with van der Waals surface area (Å²) < 4.78 is 5.78. The second kappa shape index (κ2) is 11.8. The number of esters is 1. The largest absolute Gasteiger partial charge is 0.478 e. The first-order valence-electron chi connectivity index (χ1n) is 12.3. The second-order valence-corrected chi connectivity index (χ2v) is 12.8. The minimum absolute atomic E-state index is 0.00510. The third kappa shape index (κ3) is 5.92. The van der Waals surface area contributed by atoms with Crippen LogP contribution in [0.1, 0.15) is 31.3 Å². The summed E-state index contributed by atoms with van der Waals surface area (Å²) in [5.74, 6) is -0.882. The molecule has 0 amide bonds. The first-order valence-corrected chi connectivity index (χ1v) is 15.8. The van der Waals surface area contributed by atoms with Crippen LogP contribution in [0.2, 0.25) is 0 Å². The summed E-state index contributed by atoms with van der Waals surface area (Å²) in [4.78, 5) is 45.6. The Morgan fingerprint density at radius 2 is 1.60 bits per heavy atom. The Labute approximate surface area is 255 Å². The molecule has 0 atom stereocenters. The van der Waals surface area contributed by atoms with Crippen molar-refractivity contribution in [3.05, 3.63) is 86.8 Å². The first-order chi connectivity index (χ1) is 20.3. The van der Waals surface area contributed by atoms with Crippen LogP contribution in [-0.2, 0) is 0 Å². The fourth-order valence-corrected chi connectivity index (χ4v) is 6.70. The van der Waals surface area contributed by atoms with Crippen molar-refractivity contribution in [2.75, 3.05) is 10.6 Å².